The first-order valence-corrected chi connectivity index (χ1v) is 1.97. The second-order valence-corrected chi connectivity index (χ2v) is 1.12. The van der Waals surface area contributed by atoms with E-state index in [0.29, 0.717) is 0 Å². The molecule has 36 valence electrons. The second-order valence-electron chi connectivity index (χ2n) is 1.12. The number of rotatable bonds is 0. The van der Waals surface area contributed by atoms with Crippen LogP contribution < -0.4 is 0 Å². The van der Waals surface area contributed by atoms with Crippen LogP contribution in [0.3, 0.4) is 0 Å². The maximum Gasteiger partial charge on any atom is 0.0351 e. The van der Waals surface area contributed by atoms with Gasteiger partial charge in [0.2, 0.25) is 0 Å². The van der Waals surface area contributed by atoms with E-state index in [-0.39, 0.29) is 0 Å². The van der Waals surface area contributed by atoms with E-state index in [9.17, 15) is 0 Å². The summed E-state index contributed by atoms with van der Waals surface area (Å²) in [7, 11) is 3.25. The molecule has 0 amide bonds. The zero-order valence-corrected chi connectivity index (χ0v) is 4.27. The molecule has 1 aliphatic rings. The largest absolute Gasteiger partial charge is 0.388 e. The number of methoxy groups -OCH3 is 1. The molecule has 1 nitrogen and oxygen atoms in total. The van der Waals surface area contributed by atoms with E-state index < -0.39 is 0 Å². The molecular formula is C5H10O. The number of hydrogen-bond donors (Lipinski definition) is 0. The number of allylic oxidation sites excluding steroid dienone is 2. The van der Waals surface area contributed by atoms with Crippen molar-refractivity contribution in [2.45, 2.75) is 6.42 Å². The predicted molar refractivity (Wildman–Crippen MR) is 26.7 cm³/mol. The fraction of sp³-hybridized carbons (Fsp3) is 0.600. The summed E-state index contributed by atoms with van der Waals surface area (Å²) in [6, 6.07) is 0. The van der Waals surface area contributed by atoms with Gasteiger partial charge < -0.3 is 4.74 Å². The standard InChI is InChI=1S/C3H4.C2H6O/c1-2-3-1;1-3-2/h1-2H,3H2;1-2H3. The van der Waals surface area contributed by atoms with Crippen molar-refractivity contribution in [1.82, 2.24) is 0 Å². The highest BCUT2D eigenvalue weighted by atomic mass is 16.4. The van der Waals surface area contributed by atoms with Gasteiger partial charge in [-0.25, -0.2) is 0 Å². The summed E-state index contributed by atoms with van der Waals surface area (Å²) in [4.78, 5) is 0. The van der Waals surface area contributed by atoms with E-state index in [1.54, 1.807) is 14.2 Å². The van der Waals surface area contributed by atoms with Gasteiger partial charge in [-0.3, -0.25) is 0 Å². The van der Waals surface area contributed by atoms with Crippen LogP contribution in [-0.2, 0) is 4.74 Å². The van der Waals surface area contributed by atoms with Crippen LogP contribution in [0.1, 0.15) is 6.42 Å². The summed E-state index contributed by atoms with van der Waals surface area (Å²) in [5.41, 5.74) is 0. The fourth-order valence-electron chi connectivity index (χ4n) is 0. The van der Waals surface area contributed by atoms with Crippen LogP contribution in [0.4, 0.5) is 0 Å². The number of hydrogen-bond acceptors (Lipinski definition) is 1. The van der Waals surface area contributed by atoms with Crippen LogP contribution in [0.2, 0.25) is 0 Å². The fourth-order valence-corrected chi connectivity index (χ4v) is 0. The van der Waals surface area contributed by atoms with Gasteiger partial charge in [-0.2, -0.15) is 0 Å². The molecule has 0 heterocycles. The Balaban J connectivity index is 0.0000000833. The lowest BCUT2D eigenvalue weighted by atomic mass is 10.9. The molecule has 0 N–H and O–H groups in total. The van der Waals surface area contributed by atoms with E-state index in [2.05, 4.69) is 16.9 Å². The van der Waals surface area contributed by atoms with Crippen molar-refractivity contribution in [1.29, 1.82) is 0 Å². The summed E-state index contributed by atoms with van der Waals surface area (Å²) < 4.78 is 4.25. The molecule has 0 aromatic heterocycles. The van der Waals surface area contributed by atoms with Crippen LogP contribution in [0.15, 0.2) is 12.2 Å². The third kappa shape index (κ3) is 55.0. The third-order valence-electron chi connectivity index (χ3n) is 0.236. The van der Waals surface area contributed by atoms with Gasteiger partial charge in [0.25, 0.3) is 0 Å². The Morgan fingerprint density at radius 3 is 1.50 bits per heavy atom. The molecule has 0 saturated heterocycles. The average Bonchev–Trinajstić information content (AvgIpc) is 2.11. The molecule has 1 heteroatoms. The van der Waals surface area contributed by atoms with Gasteiger partial charge in [0.1, 0.15) is 0 Å². The first-order valence-electron chi connectivity index (χ1n) is 1.97. The minimum Gasteiger partial charge on any atom is -0.388 e. The molecular weight excluding hydrogens is 76.1 g/mol. The lowest BCUT2D eigenvalue weighted by Crippen LogP contribution is -1.55. The molecule has 0 bridgehead atoms. The molecule has 0 unspecified atom stereocenters. The maximum absolute atomic E-state index is 4.25. The van der Waals surface area contributed by atoms with Crippen molar-refractivity contribution < 1.29 is 4.74 Å². The van der Waals surface area contributed by atoms with Gasteiger partial charge in [-0.05, 0) is 6.42 Å². The molecule has 0 fully saturated rings. The summed E-state index contributed by atoms with van der Waals surface area (Å²) in [6.45, 7) is 0. The zero-order valence-electron chi connectivity index (χ0n) is 4.27. The Kier molecular flexibility index (Phi) is 4.46. The minimum absolute atomic E-state index is 1.25. The van der Waals surface area contributed by atoms with Gasteiger partial charge in [0.05, 0.1) is 0 Å². The van der Waals surface area contributed by atoms with Crippen molar-refractivity contribution >= 4 is 0 Å². The van der Waals surface area contributed by atoms with Crippen molar-refractivity contribution in [2.75, 3.05) is 14.2 Å². The molecule has 0 aromatic rings. The van der Waals surface area contributed by atoms with E-state index in [1.165, 1.54) is 6.42 Å². The summed E-state index contributed by atoms with van der Waals surface area (Å²) in [6.07, 6.45) is 5.50. The van der Waals surface area contributed by atoms with Crippen LogP contribution in [0.5, 0.6) is 0 Å². The van der Waals surface area contributed by atoms with E-state index >= 15 is 0 Å². The van der Waals surface area contributed by atoms with Crippen LogP contribution in [-0.4, -0.2) is 14.2 Å². The van der Waals surface area contributed by atoms with Crippen LogP contribution in [0.25, 0.3) is 0 Å². The summed E-state index contributed by atoms with van der Waals surface area (Å²) in [5, 5.41) is 0. The van der Waals surface area contributed by atoms with Crippen molar-refractivity contribution in [3.8, 4) is 0 Å². The SMILES string of the molecule is C1=CC1.COC. The molecule has 0 saturated carbocycles. The molecule has 0 atom stereocenters. The summed E-state index contributed by atoms with van der Waals surface area (Å²) in [5.74, 6) is 0. The molecule has 1 aliphatic carbocycles. The van der Waals surface area contributed by atoms with Gasteiger partial charge in [0.15, 0.2) is 0 Å². The minimum atomic E-state index is 1.25. The molecule has 0 spiro atoms. The monoisotopic (exact) mass is 86.1 g/mol. The van der Waals surface area contributed by atoms with E-state index in [1.807, 2.05) is 0 Å². The van der Waals surface area contributed by atoms with Gasteiger partial charge >= 0.3 is 0 Å². The highest BCUT2D eigenvalue weighted by molar-refractivity contribution is 5.02. The Morgan fingerprint density at radius 2 is 1.50 bits per heavy atom. The van der Waals surface area contributed by atoms with E-state index in [4.69, 9.17) is 0 Å². The first-order chi connectivity index (χ1) is 2.91. The highest BCUT2D eigenvalue weighted by Crippen LogP contribution is 1.96. The topological polar surface area (TPSA) is 9.23 Å². The van der Waals surface area contributed by atoms with Crippen molar-refractivity contribution in [3.63, 3.8) is 0 Å². The Bertz CT molecular complexity index is 35.2. The molecule has 6 heavy (non-hydrogen) atoms. The predicted octanol–water partition coefficient (Wildman–Crippen LogP) is 1.21. The second kappa shape index (κ2) is 4.70. The third-order valence-corrected chi connectivity index (χ3v) is 0.236. The van der Waals surface area contributed by atoms with Crippen LogP contribution in [0, 0.1) is 0 Å². The Morgan fingerprint density at radius 1 is 1.33 bits per heavy atom. The lowest BCUT2D eigenvalue weighted by molar-refractivity contribution is 0.277. The Labute approximate surface area is 38.6 Å². The molecule has 0 aliphatic heterocycles. The quantitative estimate of drug-likeness (QED) is 0.402. The average molecular weight is 86.1 g/mol. The molecule has 0 aromatic carbocycles. The first kappa shape index (κ1) is 5.70. The van der Waals surface area contributed by atoms with Crippen LogP contribution >= 0.6 is 0 Å². The Hall–Kier alpha value is -0.300. The van der Waals surface area contributed by atoms with E-state index in [0.717, 1.165) is 0 Å². The molecule has 1 rings (SSSR count). The summed E-state index contributed by atoms with van der Waals surface area (Å²) >= 11 is 0. The van der Waals surface area contributed by atoms with Gasteiger partial charge in [0, 0.05) is 14.2 Å². The smallest absolute Gasteiger partial charge is 0.0351 e. The van der Waals surface area contributed by atoms with Crippen molar-refractivity contribution in [3.05, 3.63) is 12.2 Å². The molecule has 0 radical (unpaired) electrons. The number of ether oxygens (including phenoxy) is 1. The zero-order chi connectivity index (χ0) is 4.83. The van der Waals surface area contributed by atoms with Crippen molar-refractivity contribution in [2.24, 2.45) is 0 Å². The lowest BCUT2D eigenvalue weighted by Gasteiger charge is -1.61. The van der Waals surface area contributed by atoms with Gasteiger partial charge in [-0.15, -0.1) is 0 Å². The normalized spacial score (nSPS) is 12.3. The maximum atomic E-state index is 4.25. The highest BCUT2D eigenvalue weighted by Gasteiger charge is 1.75. The van der Waals surface area contributed by atoms with Gasteiger partial charge in [-0.1, -0.05) is 12.2 Å².